The third kappa shape index (κ3) is 1.37. The smallest absolute Gasteiger partial charge is 0.133 e. The molecule has 1 nitrogen and oxygen atoms in total. The van der Waals surface area contributed by atoms with E-state index in [0.717, 1.165) is 25.7 Å². The van der Waals surface area contributed by atoms with E-state index in [4.69, 9.17) is 0 Å². The highest BCUT2D eigenvalue weighted by atomic mass is 16.1. The number of hydrogen-bond acceptors (Lipinski definition) is 1. The molecule has 11 heavy (non-hydrogen) atoms. The number of allylic oxidation sites excluding steroid dienone is 1. The molecule has 2 saturated carbocycles. The van der Waals surface area contributed by atoms with E-state index in [1.165, 1.54) is 12.0 Å². The molecule has 2 aliphatic rings. The van der Waals surface area contributed by atoms with E-state index in [9.17, 15) is 4.79 Å². The summed E-state index contributed by atoms with van der Waals surface area (Å²) in [5.74, 6) is 1.80. The molecular weight excluding hydrogens is 136 g/mol. The summed E-state index contributed by atoms with van der Waals surface area (Å²) in [6.45, 7) is 4.01. The fourth-order valence-corrected chi connectivity index (χ4v) is 2.58. The predicted molar refractivity (Wildman–Crippen MR) is 44.2 cm³/mol. The van der Waals surface area contributed by atoms with Crippen molar-refractivity contribution in [2.24, 2.45) is 11.8 Å². The monoisotopic (exact) mass is 150 g/mol. The minimum Gasteiger partial charge on any atom is -0.300 e. The lowest BCUT2D eigenvalue weighted by molar-refractivity contribution is -0.123. The highest BCUT2D eigenvalue weighted by Crippen LogP contribution is 2.39. The molecule has 2 atom stereocenters. The van der Waals surface area contributed by atoms with Crippen molar-refractivity contribution in [2.75, 3.05) is 0 Å². The minimum absolute atomic E-state index is 0.485. The normalized spacial score (nSPS) is 37.5. The van der Waals surface area contributed by atoms with Crippen LogP contribution in [0.2, 0.25) is 0 Å². The van der Waals surface area contributed by atoms with Gasteiger partial charge in [0.1, 0.15) is 5.78 Å². The average molecular weight is 150 g/mol. The maximum absolute atomic E-state index is 11.2. The zero-order valence-corrected chi connectivity index (χ0v) is 6.81. The van der Waals surface area contributed by atoms with Crippen LogP contribution in [0, 0.1) is 11.8 Å². The molecule has 2 rings (SSSR count). The molecule has 0 radical (unpaired) electrons. The van der Waals surface area contributed by atoms with Gasteiger partial charge in [-0.1, -0.05) is 12.2 Å². The van der Waals surface area contributed by atoms with Crippen molar-refractivity contribution in [2.45, 2.75) is 32.1 Å². The first-order valence-corrected chi connectivity index (χ1v) is 4.42. The van der Waals surface area contributed by atoms with Gasteiger partial charge in [-0.05, 0) is 31.1 Å². The largest absolute Gasteiger partial charge is 0.300 e. The number of ketones is 1. The summed E-state index contributed by atoms with van der Waals surface area (Å²) in [7, 11) is 0. The Morgan fingerprint density at radius 1 is 1.09 bits per heavy atom. The Kier molecular flexibility index (Phi) is 1.59. The summed E-state index contributed by atoms with van der Waals surface area (Å²) >= 11 is 0. The van der Waals surface area contributed by atoms with Crippen LogP contribution >= 0.6 is 0 Å². The molecule has 2 bridgehead atoms. The van der Waals surface area contributed by atoms with E-state index >= 15 is 0 Å². The zero-order valence-electron chi connectivity index (χ0n) is 6.81. The summed E-state index contributed by atoms with van der Waals surface area (Å²) in [4.78, 5) is 11.2. The second kappa shape index (κ2) is 2.47. The molecule has 0 N–H and O–H groups in total. The Hall–Kier alpha value is -0.590. The minimum atomic E-state index is 0.485. The lowest BCUT2D eigenvalue weighted by atomic mass is 9.70. The van der Waals surface area contributed by atoms with Gasteiger partial charge >= 0.3 is 0 Å². The molecule has 0 heterocycles. The molecule has 0 aromatic rings. The number of hydrogen-bond donors (Lipinski definition) is 0. The van der Waals surface area contributed by atoms with Crippen LogP contribution in [0.15, 0.2) is 12.2 Å². The van der Waals surface area contributed by atoms with Gasteiger partial charge in [-0.15, -0.1) is 0 Å². The molecular formula is C10H14O. The maximum Gasteiger partial charge on any atom is 0.133 e. The van der Waals surface area contributed by atoms with Gasteiger partial charge in [-0.3, -0.25) is 4.79 Å². The molecule has 2 aliphatic carbocycles. The van der Waals surface area contributed by atoms with Crippen LogP contribution in [-0.2, 0) is 4.79 Å². The molecule has 0 amide bonds. The SMILES string of the molecule is C=C1CC2CC(=O)CC(C1)C2. The van der Waals surface area contributed by atoms with E-state index in [1.54, 1.807) is 0 Å². The Morgan fingerprint density at radius 2 is 1.64 bits per heavy atom. The quantitative estimate of drug-likeness (QED) is 0.484. The van der Waals surface area contributed by atoms with E-state index < -0.39 is 0 Å². The van der Waals surface area contributed by atoms with Crippen molar-refractivity contribution in [3.63, 3.8) is 0 Å². The van der Waals surface area contributed by atoms with Crippen LogP contribution in [0.4, 0.5) is 0 Å². The lowest BCUT2D eigenvalue weighted by Crippen LogP contribution is -2.27. The van der Waals surface area contributed by atoms with E-state index in [-0.39, 0.29) is 0 Å². The van der Waals surface area contributed by atoms with Crippen molar-refractivity contribution in [3.8, 4) is 0 Å². The van der Waals surface area contributed by atoms with Crippen molar-refractivity contribution in [1.82, 2.24) is 0 Å². The first kappa shape index (κ1) is 7.08. The van der Waals surface area contributed by atoms with Crippen LogP contribution in [0.25, 0.3) is 0 Å². The van der Waals surface area contributed by atoms with Gasteiger partial charge in [0.15, 0.2) is 0 Å². The highest BCUT2D eigenvalue weighted by molar-refractivity contribution is 5.79. The molecule has 1 heteroatoms. The van der Waals surface area contributed by atoms with Gasteiger partial charge in [0.05, 0.1) is 0 Å². The van der Waals surface area contributed by atoms with Crippen LogP contribution < -0.4 is 0 Å². The average Bonchev–Trinajstić information content (AvgIpc) is 1.82. The van der Waals surface area contributed by atoms with Gasteiger partial charge in [0, 0.05) is 12.8 Å². The first-order valence-electron chi connectivity index (χ1n) is 4.42. The third-order valence-corrected chi connectivity index (χ3v) is 2.85. The fraction of sp³-hybridized carbons (Fsp3) is 0.700. The van der Waals surface area contributed by atoms with E-state index in [2.05, 4.69) is 6.58 Å². The van der Waals surface area contributed by atoms with E-state index in [1.807, 2.05) is 0 Å². The number of Topliss-reactive ketones (excluding diaryl/α,β-unsaturated/α-hetero) is 1. The zero-order chi connectivity index (χ0) is 7.84. The molecule has 0 aliphatic heterocycles. The predicted octanol–water partition coefficient (Wildman–Crippen LogP) is 2.32. The fourth-order valence-electron chi connectivity index (χ4n) is 2.58. The first-order chi connectivity index (χ1) is 5.24. The number of carbonyl (C=O) groups excluding carboxylic acids is 1. The second-order valence-corrected chi connectivity index (χ2v) is 4.07. The van der Waals surface area contributed by atoms with Gasteiger partial charge in [0.25, 0.3) is 0 Å². The number of carbonyl (C=O) groups is 1. The van der Waals surface area contributed by atoms with Crippen LogP contribution in [-0.4, -0.2) is 5.78 Å². The topological polar surface area (TPSA) is 17.1 Å². The van der Waals surface area contributed by atoms with Gasteiger partial charge < -0.3 is 0 Å². The molecule has 0 spiro atoms. The molecule has 0 saturated heterocycles. The molecule has 60 valence electrons. The van der Waals surface area contributed by atoms with Gasteiger partial charge in [-0.25, -0.2) is 0 Å². The summed E-state index contributed by atoms with van der Waals surface area (Å²) < 4.78 is 0. The summed E-state index contributed by atoms with van der Waals surface area (Å²) in [6.07, 6.45) is 5.17. The Balaban J connectivity index is 2.11. The van der Waals surface area contributed by atoms with Crippen LogP contribution in [0.1, 0.15) is 32.1 Å². The van der Waals surface area contributed by atoms with Crippen molar-refractivity contribution in [3.05, 3.63) is 12.2 Å². The Bertz CT molecular complexity index is 167. The second-order valence-electron chi connectivity index (χ2n) is 4.07. The molecule has 2 unspecified atom stereocenters. The van der Waals surface area contributed by atoms with Gasteiger partial charge in [-0.2, -0.15) is 0 Å². The molecule has 0 aromatic heterocycles. The Morgan fingerprint density at radius 3 is 2.18 bits per heavy atom. The van der Waals surface area contributed by atoms with E-state index in [0.29, 0.717) is 17.6 Å². The summed E-state index contributed by atoms with van der Waals surface area (Å²) in [5, 5.41) is 0. The molecule has 0 aromatic carbocycles. The van der Waals surface area contributed by atoms with Crippen LogP contribution in [0.3, 0.4) is 0 Å². The van der Waals surface area contributed by atoms with Crippen molar-refractivity contribution in [1.29, 1.82) is 0 Å². The standard InChI is InChI=1S/C10H14O/c1-7-2-8-4-9(3-7)6-10(11)5-8/h8-9H,1-6H2. The lowest BCUT2D eigenvalue weighted by Gasteiger charge is -2.34. The third-order valence-electron chi connectivity index (χ3n) is 2.85. The van der Waals surface area contributed by atoms with Crippen LogP contribution in [0.5, 0.6) is 0 Å². The van der Waals surface area contributed by atoms with Crippen molar-refractivity contribution < 1.29 is 4.79 Å². The Labute approximate surface area is 67.5 Å². The summed E-state index contributed by atoms with van der Waals surface area (Å²) in [6, 6.07) is 0. The van der Waals surface area contributed by atoms with Gasteiger partial charge in [0.2, 0.25) is 0 Å². The molecule has 2 fully saturated rings. The highest BCUT2D eigenvalue weighted by Gasteiger charge is 2.31. The number of rotatable bonds is 0. The van der Waals surface area contributed by atoms with Crippen molar-refractivity contribution >= 4 is 5.78 Å². The number of fused-ring (bicyclic) bond motifs is 2. The summed E-state index contributed by atoms with van der Waals surface area (Å²) in [5.41, 5.74) is 1.37. The maximum atomic E-state index is 11.2.